The quantitative estimate of drug-likeness (QED) is 0.737. The molecule has 1 heterocycles. The second kappa shape index (κ2) is 7.27. The number of carbonyl (C=O) groups is 2. The second-order valence-electron chi connectivity index (χ2n) is 5.62. The minimum absolute atomic E-state index is 0.178. The summed E-state index contributed by atoms with van der Waals surface area (Å²) < 4.78 is 0. The molecule has 3 rings (SSSR count). The Kier molecular flexibility index (Phi) is 4.90. The van der Waals surface area contributed by atoms with Gasteiger partial charge in [0.15, 0.2) is 5.13 Å². The highest BCUT2D eigenvalue weighted by atomic mass is 32.1. The number of hydrogen-bond acceptors (Lipinski definition) is 4. The average molecular weight is 351 g/mol. The van der Waals surface area contributed by atoms with E-state index in [2.05, 4.69) is 15.6 Å². The van der Waals surface area contributed by atoms with Crippen molar-refractivity contribution < 1.29 is 9.59 Å². The second-order valence-corrected chi connectivity index (χ2v) is 6.52. The largest absolute Gasteiger partial charge is 0.322 e. The fourth-order valence-electron chi connectivity index (χ4n) is 2.25. The summed E-state index contributed by atoms with van der Waals surface area (Å²) in [7, 11) is 0. The first-order valence-electron chi connectivity index (χ1n) is 7.72. The molecule has 0 radical (unpaired) electrons. The van der Waals surface area contributed by atoms with Crippen molar-refractivity contribution in [1.82, 2.24) is 4.98 Å². The number of aryl methyl sites for hydroxylation is 2. The van der Waals surface area contributed by atoms with Gasteiger partial charge in [-0.05, 0) is 61.4 Å². The van der Waals surface area contributed by atoms with E-state index in [1.807, 2.05) is 26.0 Å². The van der Waals surface area contributed by atoms with Crippen molar-refractivity contribution in [2.75, 3.05) is 10.6 Å². The van der Waals surface area contributed by atoms with Crippen molar-refractivity contribution in [3.8, 4) is 0 Å². The third-order valence-electron chi connectivity index (χ3n) is 3.83. The van der Waals surface area contributed by atoms with E-state index in [-0.39, 0.29) is 11.8 Å². The molecule has 0 spiro atoms. The number of nitrogens with one attached hydrogen (secondary N) is 2. The lowest BCUT2D eigenvalue weighted by atomic mass is 10.1. The highest BCUT2D eigenvalue weighted by Gasteiger charge is 2.10. The molecule has 126 valence electrons. The van der Waals surface area contributed by atoms with Gasteiger partial charge in [0.2, 0.25) is 0 Å². The van der Waals surface area contributed by atoms with Crippen LogP contribution in [0.4, 0.5) is 10.8 Å². The van der Waals surface area contributed by atoms with Gasteiger partial charge in [0.25, 0.3) is 11.8 Å². The zero-order valence-corrected chi connectivity index (χ0v) is 14.7. The van der Waals surface area contributed by atoms with Crippen LogP contribution >= 0.6 is 11.3 Å². The lowest BCUT2D eigenvalue weighted by molar-refractivity contribution is 0.102. The fraction of sp³-hybridized carbons (Fsp3) is 0.105. The fourth-order valence-corrected chi connectivity index (χ4v) is 2.77. The first-order valence-corrected chi connectivity index (χ1v) is 8.60. The van der Waals surface area contributed by atoms with Gasteiger partial charge in [-0.1, -0.05) is 6.07 Å². The number of nitrogens with zero attached hydrogens (tertiary/aromatic N) is 1. The lowest BCUT2D eigenvalue weighted by Crippen LogP contribution is -2.13. The summed E-state index contributed by atoms with van der Waals surface area (Å²) in [5, 5.41) is 7.90. The summed E-state index contributed by atoms with van der Waals surface area (Å²) in [5.74, 6) is -0.412. The Morgan fingerprint density at radius 2 is 1.56 bits per heavy atom. The molecule has 2 amide bonds. The van der Waals surface area contributed by atoms with Gasteiger partial charge in [-0.25, -0.2) is 4.98 Å². The van der Waals surface area contributed by atoms with E-state index in [1.54, 1.807) is 41.9 Å². The number of rotatable bonds is 4. The molecule has 0 aliphatic carbocycles. The molecule has 2 N–H and O–H groups in total. The minimum atomic E-state index is -0.234. The first-order chi connectivity index (χ1) is 12.0. The number of aromatic nitrogens is 1. The Hall–Kier alpha value is -2.99. The van der Waals surface area contributed by atoms with Crippen LogP contribution in [0.2, 0.25) is 0 Å². The van der Waals surface area contributed by atoms with Crippen LogP contribution in [-0.2, 0) is 0 Å². The minimum Gasteiger partial charge on any atom is -0.322 e. The van der Waals surface area contributed by atoms with Crippen LogP contribution in [0.25, 0.3) is 0 Å². The van der Waals surface area contributed by atoms with Gasteiger partial charge in [0.05, 0.1) is 0 Å². The zero-order chi connectivity index (χ0) is 17.8. The van der Waals surface area contributed by atoms with Gasteiger partial charge < -0.3 is 5.32 Å². The van der Waals surface area contributed by atoms with E-state index >= 15 is 0 Å². The molecular weight excluding hydrogens is 334 g/mol. The van der Waals surface area contributed by atoms with Crippen LogP contribution in [0, 0.1) is 13.8 Å². The molecule has 0 saturated heterocycles. The summed E-state index contributed by atoms with van der Waals surface area (Å²) in [5.41, 5.74) is 3.95. The van der Waals surface area contributed by atoms with Gasteiger partial charge in [-0.15, -0.1) is 11.3 Å². The molecule has 1 aromatic heterocycles. The molecule has 0 fully saturated rings. The molecule has 0 saturated carbocycles. The first kappa shape index (κ1) is 16.9. The Morgan fingerprint density at radius 3 is 2.20 bits per heavy atom. The summed E-state index contributed by atoms with van der Waals surface area (Å²) in [6.45, 7) is 3.98. The van der Waals surface area contributed by atoms with E-state index < -0.39 is 0 Å². The highest BCUT2D eigenvalue weighted by Crippen LogP contribution is 2.16. The molecule has 25 heavy (non-hydrogen) atoms. The Balaban J connectivity index is 1.66. The molecule has 0 bridgehead atoms. The van der Waals surface area contributed by atoms with Gasteiger partial charge >= 0.3 is 0 Å². The summed E-state index contributed by atoms with van der Waals surface area (Å²) >= 11 is 1.36. The molecular formula is C19H17N3O2S. The van der Waals surface area contributed by atoms with Crippen LogP contribution in [0.1, 0.15) is 31.8 Å². The van der Waals surface area contributed by atoms with Gasteiger partial charge in [-0.3, -0.25) is 14.9 Å². The maximum Gasteiger partial charge on any atom is 0.257 e. The summed E-state index contributed by atoms with van der Waals surface area (Å²) in [4.78, 5) is 28.4. The number of benzene rings is 2. The predicted octanol–water partition coefficient (Wildman–Crippen LogP) is 4.26. The SMILES string of the molecule is Cc1ccc(C(=O)Nc2ccc(C(=O)Nc3nccs3)cc2)cc1C. The lowest BCUT2D eigenvalue weighted by Gasteiger charge is -2.08. The van der Waals surface area contributed by atoms with Crippen molar-refractivity contribution in [2.45, 2.75) is 13.8 Å². The van der Waals surface area contributed by atoms with Crippen LogP contribution in [0.5, 0.6) is 0 Å². The van der Waals surface area contributed by atoms with Crippen molar-refractivity contribution in [2.24, 2.45) is 0 Å². The number of amides is 2. The molecule has 3 aromatic rings. The van der Waals surface area contributed by atoms with E-state index in [4.69, 9.17) is 0 Å². The van der Waals surface area contributed by atoms with Crippen molar-refractivity contribution in [3.63, 3.8) is 0 Å². The monoisotopic (exact) mass is 351 g/mol. The summed E-state index contributed by atoms with van der Waals surface area (Å²) in [6.07, 6.45) is 1.63. The predicted molar refractivity (Wildman–Crippen MR) is 100 cm³/mol. The molecule has 2 aromatic carbocycles. The van der Waals surface area contributed by atoms with E-state index in [9.17, 15) is 9.59 Å². The van der Waals surface area contributed by atoms with Gasteiger partial charge in [0.1, 0.15) is 0 Å². The van der Waals surface area contributed by atoms with Gasteiger partial charge in [0, 0.05) is 28.4 Å². The molecule has 0 aliphatic rings. The Morgan fingerprint density at radius 1 is 0.880 bits per heavy atom. The van der Waals surface area contributed by atoms with Crippen LogP contribution < -0.4 is 10.6 Å². The topological polar surface area (TPSA) is 71.1 Å². The molecule has 0 unspecified atom stereocenters. The van der Waals surface area contributed by atoms with Crippen molar-refractivity contribution in [3.05, 3.63) is 76.3 Å². The third kappa shape index (κ3) is 4.10. The van der Waals surface area contributed by atoms with Crippen LogP contribution in [0.15, 0.2) is 54.0 Å². The molecule has 6 heteroatoms. The maximum absolute atomic E-state index is 12.3. The standard InChI is InChI=1S/C19H17N3O2S/c1-12-3-4-15(11-13(12)2)18(24)21-16-7-5-14(6-8-16)17(23)22-19-20-9-10-25-19/h3-11H,1-2H3,(H,21,24)(H,20,22,23). The normalized spacial score (nSPS) is 10.3. The van der Waals surface area contributed by atoms with Crippen LogP contribution in [-0.4, -0.2) is 16.8 Å². The number of anilines is 2. The van der Waals surface area contributed by atoms with E-state index in [0.717, 1.165) is 11.1 Å². The third-order valence-corrected chi connectivity index (χ3v) is 4.52. The maximum atomic E-state index is 12.3. The molecule has 0 atom stereocenters. The van der Waals surface area contributed by atoms with Crippen molar-refractivity contribution >= 4 is 34.0 Å². The molecule has 5 nitrogen and oxygen atoms in total. The zero-order valence-electron chi connectivity index (χ0n) is 13.9. The molecule has 0 aliphatic heterocycles. The van der Waals surface area contributed by atoms with E-state index in [1.165, 1.54) is 11.3 Å². The number of hydrogen-bond donors (Lipinski definition) is 2. The number of thiazole rings is 1. The van der Waals surface area contributed by atoms with Crippen molar-refractivity contribution in [1.29, 1.82) is 0 Å². The van der Waals surface area contributed by atoms with E-state index in [0.29, 0.717) is 21.9 Å². The Bertz CT molecular complexity index is 903. The average Bonchev–Trinajstić information content (AvgIpc) is 3.11. The summed E-state index contributed by atoms with van der Waals surface area (Å²) in [6, 6.07) is 12.3. The van der Waals surface area contributed by atoms with Gasteiger partial charge in [-0.2, -0.15) is 0 Å². The number of carbonyl (C=O) groups excluding carboxylic acids is 2. The smallest absolute Gasteiger partial charge is 0.257 e. The Labute approximate surface area is 149 Å². The highest BCUT2D eigenvalue weighted by molar-refractivity contribution is 7.13. The van der Waals surface area contributed by atoms with Crippen LogP contribution in [0.3, 0.4) is 0 Å².